The number of hydrogen-bond donors (Lipinski definition) is 0. The Hall–Kier alpha value is -2.41. The lowest BCUT2D eigenvalue weighted by molar-refractivity contribution is -0.697. The third-order valence-corrected chi connectivity index (χ3v) is 6.71. The summed E-state index contributed by atoms with van der Waals surface area (Å²) in [6.07, 6.45) is 8.84. The summed E-state index contributed by atoms with van der Waals surface area (Å²) in [5, 5.41) is 0. The molecule has 1 aliphatic carbocycles. The van der Waals surface area contributed by atoms with Crippen LogP contribution in [-0.4, -0.2) is 0 Å². The van der Waals surface area contributed by atoms with Gasteiger partial charge in [0.2, 0.25) is 5.69 Å². The van der Waals surface area contributed by atoms with Crippen LogP contribution in [-0.2, 0) is 24.8 Å². The minimum absolute atomic E-state index is 0.0916. The molecule has 0 fully saturated rings. The van der Waals surface area contributed by atoms with E-state index in [4.69, 9.17) is 0 Å². The molecule has 1 aliphatic rings. The van der Waals surface area contributed by atoms with Gasteiger partial charge in [0.15, 0.2) is 5.69 Å². The molecule has 4 rings (SSSR count). The fourth-order valence-corrected chi connectivity index (χ4v) is 5.11. The molecule has 1 aromatic heterocycles. The first-order valence-electron chi connectivity index (χ1n) is 12.2. The average molecular weight is 413 g/mol. The molecule has 0 radical (unpaired) electrons. The van der Waals surface area contributed by atoms with E-state index in [-0.39, 0.29) is 5.41 Å². The van der Waals surface area contributed by atoms with Crippen molar-refractivity contribution in [1.29, 1.82) is 0 Å². The number of hydrogen-bond acceptors (Lipinski definition) is 0. The zero-order valence-corrected chi connectivity index (χ0v) is 19.9. The van der Waals surface area contributed by atoms with Gasteiger partial charge >= 0.3 is 0 Å². The lowest BCUT2D eigenvalue weighted by Crippen LogP contribution is -2.47. The van der Waals surface area contributed by atoms with Gasteiger partial charge in [0.05, 0.1) is 0 Å². The van der Waals surface area contributed by atoms with Crippen LogP contribution in [0.5, 0.6) is 0 Å². The van der Waals surface area contributed by atoms with Crippen LogP contribution in [0.3, 0.4) is 0 Å². The highest BCUT2D eigenvalue weighted by atomic mass is 15.0. The van der Waals surface area contributed by atoms with E-state index in [0.29, 0.717) is 0 Å². The summed E-state index contributed by atoms with van der Waals surface area (Å²) in [7, 11) is 0. The van der Waals surface area contributed by atoms with Crippen molar-refractivity contribution < 1.29 is 4.57 Å². The Bertz CT molecular complexity index is 1020. The first kappa shape index (κ1) is 21.8. The minimum Gasteiger partial charge on any atom is -0.195 e. The standard InChI is InChI=1S/C30H38N/c1-5-6-7-8-14-21-31-28(30(2,3)4)22-27(23-15-10-9-11-16-23)26-20-19-24-17-12-13-18-25(24)29(26)31/h9-13,15-18,22H,5-8,14,19-21H2,1-4H3/q+1. The number of rotatable bonds is 7. The first-order chi connectivity index (χ1) is 15.0. The third-order valence-electron chi connectivity index (χ3n) is 6.71. The summed E-state index contributed by atoms with van der Waals surface area (Å²) >= 11 is 0. The lowest BCUT2D eigenvalue weighted by atomic mass is 9.81. The van der Waals surface area contributed by atoms with Crippen LogP contribution in [0.1, 0.15) is 76.6 Å². The smallest absolute Gasteiger partial charge is 0.195 e. The Morgan fingerprint density at radius 3 is 2.23 bits per heavy atom. The molecule has 0 aliphatic heterocycles. The Morgan fingerprint density at radius 1 is 0.774 bits per heavy atom. The van der Waals surface area contributed by atoms with Gasteiger partial charge in [-0.25, -0.2) is 0 Å². The van der Waals surface area contributed by atoms with Crippen molar-refractivity contribution in [2.75, 3.05) is 0 Å². The molecule has 0 saturated carbocycles. The van der Waals surface area contributed by atoms with Gasteiger partial charge in [-0.05, 0) is 42.0 Å². The van der Waals surface area contributed by atoms with Crippen LogP contribution < -0.4 is 4.57 Å². The predicted octanol–water partition coefficient (Wildman–Crippen LogP) is 7.67. The largest absolute Gasteiger partial charge is 0.216 e. The Labute approximate surface area is 189 Å². The van der Waals surface area contributed by atoms with Crippen molar-refractivity contribution in [1.82, 2.24) is 0 Å². The molecule has 0 amide bonds. The van der Waals surface area contributed by atoms with Crippen LogP contribution in [0.2, 0.25) is 0 Å². The second-order valence-corrected chi connectivity index (χ2v) is 10.1. The molecule has 1 nitrogen and oxygen atoms in total. The van der Waals surface area contributed by atoms with Crippen molar-refractivity contribution in [2.24, 2.45) is 0 Å². The number of pyridine rings is 1. The number of fused-ring (bicyclic) bond motifs is 3. The molecule has 0 saturated heterocycles. The molecular formula is C30H38N+. The topological polar surface area (TPSA) is 3.88 Å². The molecule has 0 bridgehead atoms. The van der Waals surface area contributed by atoms with Gasteiger partial charge < -0.3 is 0 Å². The van der Waals surface area contributed by atoms with Gasteiger partial charge in [0.1, 0.15) is 6.54 Å². The van der Waals surface area contributed by atoms with Crippen LogP contribution in [0, 0.1) is 0 Å². The number of aromatic nitrogens is 1. The Morgan fingerprint density at radius 2 is 1.48 bits per heavy atom. The molecular weight excluding hydrogens is 374 g/mol. The number of nitrogens with zero attached hydrogens (tertiary/aromatic N) is 1. The predicted molar refractivity (Wildman–Crippen MR) is 132 cm³/mol. The van der Waals surface area contributed by atoms with Crippen LogP contribution in [0.15, 0.2) is 60.7 Å². The van der Waals surface area contributed by atoms with Gasteiger partial charge in [0.25, 0.3) is 0 Å². The van der Waals surface area contributed by atoms with Crippen LogP contribution in [0.4, 0.5) is 0 Å². The van der Waals surface area contributed by atoms with E-state index in [0.717, 1.165) is 19.4 Å². The van der Waals surface area contributed by atoms with Gasteiger partial charge in [-0.2, -0.15) is 4.57 Å². The SMILES string of the molecule is CCCCCCC[n+]1c(C(C)(C)C)cc(-c2ccccc2)c2c1-c1ccccc1CC2. The monoisotopic (exact) mass is 412 g/mol. The average Bonchev–Trinajstić information content (AvgIpc) is 2.78. The maximum atomic E-state index is 2.69. The molecule has 0 spiro atoms. The van der Waals surface area contributed by atoms with Crippen molar-refractivity contribution >= 4 is 0 Å². The second kappa shape index (κ2) is 9.39. The van der Waals surface area contributed by atoms with Gasteiger partial charge in [0, 0.05) is 29.0 Å². The maximum Gasteiger partial charge on any atom is 0.216 e. The van der Waals surface area contributed by atoms with E-state index >= 15 is 0 Å². The normalized spacial score (nSPS) is 13.0. The molecule has 0 atom stereocenters. The van der Waals surface area contributed by atoms with Gasteiger partial charge in [-0.3, -0.25) is 0 Å². The van der Waals surface area contributed by atoms with E-state index in [1.807, 2.05) is 0 Å². The van der Waals surface area contributed by atoms with Crippen molar-refractivity contribution in [3.8, 4) is 22.4 Å². The quantitative estimate of drug-likeness (QED) is 0.277. The summed E-state index contributed by atoms with van der Waals surface area (Å²) in [5.41, 5.74) is 10.3. The minimum atomic E-state index is 0.0916. The van der Waals surface area contributed by atoms with Crippen molar-refractivity contribution in [3.63, 3.8) is 0 Å². The zero-order chi connectivity index (χ0) is 21.8. The highest BCUT2D eigenvalue weighted by Crippen LogP contribution is 2.39. The van der Waals surface area contributed by atoms with E-state index in [1.54, 1.807) is 0 Å². The number of unbranched alkanes of at least 4 members (excludes halogenated alkanes) is 4. The number of aryl methyl sites for hydroxylation is 1. The molecule has 2 aromatic carbocycles. The van der Waals surface area contributed by atoms with E-state index in [9.17, 15) is 0 Å². The maximum absolute atomic E-state index is 2.69. The number of benzene rings is 2. The Kier molecular flexibility index (Phi) is 6.60. The summed E-state index contributed by atoms with van der Waals surface area (Å²) in [6.45, 7) is 10.5. The van der Waals surface area contributed by atoms with Crippen LogP contribution >= 0.6 is 0 Å². The zero-order valence-electron chi connectivity index (χ0n) is 19.9. The van der Waals surface area contributed by atoms with Crippen molar-refractivity contribution in [2.45, 2.75) is 84.6 Å². The molecule has 162 valence electrons. The lowest BCUT2D eigenvalue weighted by Gasteiger charge is -2.26. The van der Waals surface area contributed by atoms with E-state index in [2.05, 4.69) is 92.9 Å². The third kappa shape index (κ3) is 4.61. The highest BCUT2D eigenvalue weighted by molar-refractivity contribution is 5.78. The summed E-state index contributed by atoms with van der Waals surface area (Å²) in [6, 6.07) is 22.6. The van der Waals surface area contributed by atoms with Crippen LogP contribution in [0.25, 0.3) is 22.4 Å². The molecule has 1 heteroatoms. The molecule has 31 heavy (non-hydrogen) atoms. The highest BCUT2D eigenvalue weighted by Gasteiger charge is 2.35. The van der Waals surface area contributed by atoms with Gasteiger partial charge in [-0.15, -0.1) is 0 Å². The second-order valence-electron chi connectivity index (χ2n) is 10.1. The molecule has 0 N–H and O–H groups in total. The molecule has 3 aromatic rings. The summed E-state index contributed by atoms with van der Waals surface area (Å²) in [4.78, 5) is 0. The Balaban J connectivity index is 1.91. The molecule has 0 unspecified atom stereocenters. The van der Waals surface area contributed by atoms with Gasteiger partial charge in [-0.1, -0.05) is 95.5 Å². The summed E-state index contributed by atoms with van der Waals surface area (Å²) < 4.78 is 2.69. The first-order valence-corrected chi connectivity index (χ1v) is 12.2. The fourth-order valence-electron chi connectivity index (χ4n) is 5.11. The molecule has 1 heterocycles. The van der Waals surface area contributed by atoms with E-state index in [1.165, 1.54) is 71.3 Å². The van der Waals surface area contributed by atoms with Crippen molar-refractivity contribution in [3.05, 3.63) is 77.5 Å². The fraction of sp³-hybridized carbons (Fsp3) is 0.433. The summed E-state index contributed by atoms with van der Waals surface area (Å²) in [5.74, 6) is 0. The van der Waals surface area contributed by atoms with E-state index < -0.39 is 0 Å².